The minimum Gasteiger partial charge on any atom is -0.457 e. The van der Waals surface area contributed by atoms with Crippen molar-refractivity contribution in [1.29, 1.82) is 0 Å². The Balaban J connectivity index is 0.000000543. The maximum Gasteiger partial charge on any atom is 0.316 e. The predicted molar refractivity (Wildman–Crippen MR) is 228 cm³/mol. The Hall–Kier alpha value is -3.07. The lowest BCUT2D eigenvalue weighted by molar-refractivity contribution is -0.436. The van der Waals surface area contributed by atoms with Crippen LogP contribution in [0, 0.1) is 17.8 Å². The minimum absolute atomic E-state index is 0.186. The lowest BCUT2D eigenvalue weighted by Gasteiger charge is -2.56. The van der Waals surface area contributed by atoms with Gasteiger partial charge in [-0.3, -0.25) is 9.78 Å². The van der Waals surface area contributed by atoms with E-state index < -0.39 is 36.4 Å². The van der Waals surface area contributed by atoms with Crippen LogP contribution in [0.1, 0.15) is 99.5 Å². The number of para-hydroxylation sites is 1. The molecule has 3 heterocycles. The number of hydrogen-bond donors (Lipinski definition) is 3. The van der Waals surface area contributed by atoms with Crippen LogP contribution in [-0.4, -0.2) is 121 Å². The largest absolute Gasteiger partial charge is 0.457 e. The van der Waals surface area contributed by atoms with Gasteiger partial charge in [0.1, 0.15) is 18.3 Å². The Kier molecular flexibility index (Phi) is 22.9. The summed E-state index contributed by atoms with van der Waals surface area (Å²) in [6.45, 7) is 18.8. The maximum atomic E-state index is 12.3. The van der Waals surface area contributed by atoms with E-state index in [4.69, 9.17) is 18.9 Å². The Labute approximate surface area is 343 Å². The number of aromatic nitrogens is 1. The topological polar surface area (TPSA) is 143 Å². The summed E-state index contributed by atoms with van der Waals surface area (Å²) in [6.07, 6.45) is 12.1. The summed E-state index contributed by atoms with van der Waals surface area (Å²) in [5, 5.41) is 24.4. The Bertz CT molecular complexity index is 1510. The van der Waals surface area contributed by atoms with E-state index in [1.54, 1.807) is 7.11 Å². The van der Waals surface area contributed by atoms with Crippen LogP contribution < -0.4 is 5.32 Å². The molecule has 0 spiro atoms. The smallest absolute Gasteiger partial charge is 0.316 e. The Morgan fingerprint density at radius 1 is 1.16 bits per heavy atom. The fraction of sp³-hybridized carbons (Fsp3) is 0.667. The van der Waals surface area contributed by atoms with E-state index in [1.165, 1.54) is 12.5 Å². The second-order valence-corrected chi connectivity index (χ2v) is 16.0. The van der Waals surface area contributed by atoms with Gasteiger partial charge in [-0.25, -0.2) is 4.90 Å². The lowest BCUT2D eigenvalue weighted by atomic mass is 9.93. The van der Waals surface area contributed by atoms with Crippen molar-refractivity contribution in [1.82, 2.24) is 20.1 Å². The van der Waals surface area contributed by atoms with E-state index in [0.29, 0.717) is 43.7 Å². The number of hydrogen-bond acceptors (Lipinski definition) is 12. The van der Waals surface area contributed by atoms with Crippen LogP contribution in [0.15, 0.2) is 54.3 Å². The van der Waals surface area contributed by atoms with Gasteiger partial charge in [0.2, 0.25) is 6.41 Å². The van der Waals surface area contributed by atoms with Crippen LogP contribution in [0.5, 0.6) is 0 Å². The fourth-order valence-electron chi connectivity index (χ4n) is 6.86. The molecule has 2 fully saturated rings. The first kappa shape index (κ1) is 50.1. The summed E-state index contributed by atoms with van der Waals surface area (Å²) in [5.41, 5.74) is 2.30. The zero-order chi connectivity index (χ0) is 42.5. The van der Waals surface area contributed by atoms with Crippen LogP contribution >= 0.6 is 0 Å². The highest BCUT2D eigenvalue weighted by Crippen LogP contribution is 2.39. The molecule has 4 rings (SSSR count). The average molecular weight is 799 g/mol. The quantitative estimate of drug-likeness (QED) is 0.0453. The fourth-order valence-corrected chi connectivity index (χ4v) is 6.86. The van der Waals surface area contributed by atoms with E-state index in [1.807, 2.05) is 64.2 Å². The monoisotopic (exact) mass is 799 g/mol. The number of rotatable bonds is 19. The second kappa shape index (κ2) is 26.1. The van der Waals surface area contributed by atoms with Gasteiger partial charge in [-0.1, -0.05) is 83.0 Å². The van der Waals surface area contributed by atoms with Gasteiger partial charge in [-0.2, -0.15) is 0 Å². The molecule has 2 aliphatic rings. The van der Waals surface area contributed by atoms with Crippen LogP contribution in [0.3, 0.4) is 0 Å². The number of carbonyl (C=O) groups is 2. The third-order valence-electron chi connectivity index (χ3n) is 10.3. The lowest BCUT2D eigenvalue weighted by Crippen LogP contribution is -2.72. The van der Waals surface area contributed by atoms with Gasteiger partial charge in [0.15, 0.2) is 12.0 Å². The molecule has 322 valence electrons. The van der Waals surface area contributed by atoms with Crippen LogP contribution in [-0.2, 0) is 28.5 Å². The van der Waals surface area contributed by atoms with Crippen molar-refractivity contribution in [3.05, 3.63) is 59.8 Å². The van der Waals surface area contributed by atoms with Gasteiger partial charge in [0, 0.05) is 50.9 Å². The maximum absolute atomic E-state index is 12.3. The molecule has 0 aliphatic carbocycles. The third-order valence-corrected chi connectivity index (χ3v) is 10.3. The average Bonchev–Trinajstić information content (AvgIpc) is 3.17. The van der Waals surface area contributed by atoms with Gasteiger partial charge in [0.25, 0.3) is 0 Å². The van der Waals surface area contributed by atoms with Crippen molar-refractivity contribution in [2.24, 2.45) is 17.8 Å². The van der Waals surface area contributed by atoms with Gasteiger partial charge >= 0.3 is 5.97 Å². The zero-order valence-corrected chi connectivity index (χ0v) is 36.6. The van der Waals surface area contributed by atoms with Crippen molar-refractivity contribution in [2.75, 3.05) is 47.4 Å². The van der Waals surface area contributed by atoms with Gasteiger partial charge in [0.05, 0.1) is 11.6 Å². The molecule has 3 N–H and O–H groups in total. The molecule has 2 aromatic rings. The molecule has 12 nitrogen and oxygen atoms in total. The minimum atomic E-state index is -1.08. The molecule has 2 saturated heterocycles. The number of fused-ring (bicyclic) bond motifs is 1. The van der Waals surface area contributed by atoms with Gasteiger partial charge in [-0.05, 0) is 96.6 Å². The van der Waals surface area contributed by atoms with Crippen LogP contribution in [0.25, 0.3) is 17.0 Å². The molecular formula is C45H74N4O8. The third kappa shape index (κ3) is 17.0. The number of aliphatic hydroxyl groups is 2. The molecule has 0 bridgehead atoms. The first-order chi connectivity index (χ1) is 27.1. The molecule has 1 aromatic heterocycles. The molecule has 12 heteroatoms. The number of aliphatic hydroxyl groups excluding tert-OH is 2. The Morgan fingerprint density at radius 3 is 2.46 bits per heavy atom. The van der Waals surface area contributed by atoms with E-state index in [0.717, 1.165) is 61.7 Å². The summed E-state index contributed by atoms with van der Waals surface area (Å²) < 4.78 is 21.4. The number of ether oxygens (including phenoxy) is 4. The number of esters is 1. The number of carbonyl (C=O) groups excluding carboxylic acids is 2. The normalized spacial score (nSPS) is 24.2. The number of nitrogens with zero attached hydrogens (tertiary/aromatic N) is 3. The molecule has 0 saturated carbocycles. The van der Waals surface area contributed by atoms with Crippen LogP contribution in [0.4, 0.5) is 0 Å². The molecular weight excluding hydrogens is 725 g/mol. The van der Waals surface area contributed by atoms with Crippen LogP contribution in [0.2, 0.25) is 0 Å². The molecule has 57 heavy (non-hydrogen) atoms. The number of nitrogens with one attached hydrogen (secondary N) is 1. The highest BCUT2D eigenvalue weighted by Gasteiger charge is 2.55. The zero-order valence-electron chi connectivity index (χ0n) is 36.6. The van der Waals surface area contributed by atoms with E-state index in [2.05, 4.69) is 73.3 Å². The van der Waals surface area contributed by atoms with Crippen molar-refractivity contribution >= 4 is 29.2 Å². The Morgan fingerprint density at radius 2 is 1.88 bits per heavy atom. The van der Waals surface area contributed by atoms with E-state index in [9.17, 15) is 19.8 Å². The van der Waals surface area contributed by atoms with Crippen molar-refractivity contribution in [3.63, 3.8) is 0 Å². The van der Waals surface area contributed by atoms with Crippen molar-refractivity contribution in [3.8, 4) is 0 Å². The van der Waals surface area contributed by atoms with E-state index in [-0.39, 0.29) is 6.10 Å². The first-order valence-electron chi connectivity index (χ1n) is 20.8. The summed E-state index contributed by atoms with van der Waals surface area (Å²) in [4.78, 5) is 31.8. The highest BCUT2D eigenvalue weighted by atomic mass is 16.7. The first-order valence-corrected chi connectivity index (χ1v) is 20.8. The summed E-state index contributed by atoms with van der Waals surface area (Å²) in [7, 11) is 5.80. The summed E-state index contributed by atoms with van der Waals surface area (Å²) >= 11 is 0. The molecule has 8 atom stereocenters. The molecule has 0 amide bonds. The summed E-state index contributed by atoms with van der Waals surface area (Å²) in [5.74, 6) is -0.434. The molecule has 5 unspecified atom stereocenters. The number of aldehydes is 1. The van der Waals surface area contributed by atoms with Crippen molar-refractivity contribution in [2.45, 2.75) is 131 Å². The van der Waals surface area contributed by atoms with Gasteiger partial charge in [-0.15, -0.1) is 0 Å². The molecule has 2 aliphatic heterocycles. The standard InChI is InChI=1S/C32H45N3O5.C8H17NO2.C5H12O/c1-6-12-23(3)27(21-35-31(38)40-32(35,5)29(7-2)39-30(37)24(4)22-36)16-18-33-17-11-10-13-25-19-26-14-8-9-15-28(26)34-20-25;1-6-4-7(9(2)3)5-8(10)11-6;1-5(2)4-6-3/h8-10,13-16,19-20,22-24,29,31,33,38H,6-7,11-12,17-18,21H2,1-5H3;6-8,10H,4-5H2,1-3H3;5H,4H2,1-3H3/b13-10+,27-16-;;/t23-,24?,29-,31?,32-;;/m1../s1. The number of pyridine rings is 1. The predicted octanol–water partition coefficient (Wildman–Crippen LogP) is 6.79. The van der Waals surface area contributed by atoms with Gasteiger partial charge < -0.3 is 44.2 Å². The highest BCUT2D eigenvalue weighted by molar-refractivity contribution is 5.87. The van der Waals surface area contributed by atoms with E-state index >= 15 is 0 Å². The number of methoxy groups -OCH3 is 1. The second-order valence-electron chi connectivity index (χ2n) is 16.0. The SMILES string of the molecule is CC1CC(N(C)C)CC(O)O1.CCC[C@@H](C)/C(=C\CNCC/C=C/c1cnc2ccccc2c1)CN1C(O)O[C@]1(C)[C@@H](CC)OC(=O)C(C)C=O.COCC(C)C. The molecule has 1 aromatic carbocycles. The summed E-state index contributed by atoms with van der Waals surface area (Å²) in [6, 6.07) is 10.7. The van der Waals surface area contributed by atoms with Crippen molar-refractivity contribution < 1.29 is 38.7 Å². The number of benzene rings is 1. The molecule has 0 radical (unpaired) electrons.